The Bertz CT molecular complexity index is 565. The molecule has 1 aromatic carbocycles. The van der Waals surface area contributed by atoms with Crippen LogP contribution in [0.1, 0.15) is 31.1 Å². The first-order chi connectivity index (χ1) is 12.2. The van der Waals surface area contributed by atoms with Crippen molar-refractivity contribution >= 4 is 0 Å². The lowest BCUT2D eigenvalue weighted by Crippen LogP contribution is -2.43. The summed E-state index contributed by atoms with van der Waals surface area (Å²) in [4.78, 5) is 0. The Balaban J connectivity index is 1.43. The maximum absolute atomic E-state index is 13.3. The van der Waals surface area contributed by atoms with Crippen LogP contribution in [0.15, 0.2) is 30.9 Å². The Morgan fingerprint density at radius 1 is 1.00 bits per heavy atom. The van der Waals surface area contributed by atoms with E-state index in [0.29, 0.717) is 37.9 Å². The van der Waals surface area contributed by atoms with Crippen molar-refractivity contribution in [1.82, 2.24) is 0 Å². The Morgan fingerprint density at radius 3 is 2.36 bits per heavy atom. The highest BCUT2D eigenvalue weighted by atomic mass is 19.2. The van der Waals surface area contributed by atoms with Gasteiger partial charge in [-0.3, -0.25) is 0 Å². The number of ether oxygens (including phenoxy) is 4. The average Bonchev–Trinajstić information content (AvgIpc) is 2.65. The van der Waals surface area contributed by atoms with E-state index in [9.17, 15) is 8.78 Å². The first kappa shape index (κ1) is 18.5. The maximum Gasteiger partial charge on any atom is 0.183 e. The lowest BCUT2D eigenvalue weighted by molar-refractivity contribution is -0.283. The fourth-order valence-electron chi connectivity index (χ4n) is 3.07. The molecule has 138 valence electrons. The van der Waals surface area contributed by atoms with Crippen molar-refractivity contribution in [3.8, 4) is 0 Å². The largest absolute Gasteiger partial charge is 0.352 e. The molecule has 0 bridgehead atoms. The normalized spacial score (nSPS) is 30.2. The van der Waals surface area contributed by atoms with Crippen LogP contribution in [0.4, 0.5) is 8.78 Å². The van der Waals surface area contributed by atoms with Gasteiger partial charge in [-0.25, -0.2) is 8.78 Å². The molecule has 0 aromatic heterocycles. The second-order valence-corrected chi connectivity index (χ2v) is 6.55. The van der Waals surface area contributed by atoms with Crippen molar-refractivity contribution in [3.05, 3.63) is 48.1 Å². The molecular weight excluding hydrogens is 330 g/mol. The van der Waals surface area contributed by atoms with Crippen LogP contribution in [0.3, 0.4) is 0 Å². The standard InChI is InChI=1S/C19H24F2O4/c1-2-3-4-5-13-9-22-19(23-10-13)15-11-24-18(25-12-15)14-6-7-16(20)17(21)8-14/h2,6-8,13,15,18-19H,1,3-5,9-12H2. The molecule has 0 N–H and O–H groups in total. The average molecular weight is 354 g/mol. The highest BCUT2D eigenvalue weighted by molar-refractivity contribution is 5.19. The lowest BCUT2D eigenvalue weighted by atomic mass is 10.0. The topological polar surface area (TPSA) is 36.9 Å². The number of hydrogen-bond acceptors (Lipinski definition) is 4. The fourth-order valence-corrected chi connectivity index (χ4v) is 3.07. The molecule has 3 rings (SSSR count). The van der Waals surface area contributed by atoms with Crippen molar-refractivity contribution < 1.29 is 27.7 Å². The molecule has 2 fully saturated rings. The maximum atomic E-state index is 13.3. The molecule has 0 amide bonds. The van der Waals surface area contributed by atoms with Crippen LogP contribution in [-0.4, -0.2) is 32.7 Å². The van der Waals surface area contributed by atoms with Gasteiger partial charge in [-0.1, -0.05) is 12.1 Å². The van der Waals surface area contributed by atoms with Gasteiger partial charge in [0.2, 0.25) is 0 Å². The van der Waals surface area contributed by atoms with Crippen molar-refractivity contribution in [1.29, 1.82) is 0 Å². The number of benzene rings is 1. The molecule has 2 aliphatic rings. The van der Waals surface area contributed by atoms with Gasteiger partial charge in [-0.05, 0) is 31.4 Å². The third-order valence-corrected chi connectivity index (χ3v) is 4.54. The number of unbranched alkanes of at least 4 members (excludes halogenated alkanes) is 1. The molecule has 4 nitrogen and oxygen atoms in total. The van der Waals surface area contributed by atoms with E-state index in [1.807, 2.05) is 6.08 Å². The fraction of sp³-hybridized carbons (Fsp3) is 0.579. The summed E-state index contributed by atoms with van der Waals surface area (Å²) in [5.41, 5.74) is 0.463. The van der Waals surface area contributed by atoms with Crippen molar-refractivity contribution in [2.24, 2.45) is 11.8 Å². The number of hydrogen-bond donors (Lipinski definition) is 0. The third-order valence-electron chi connectivity index (χ3n) is 4.54. The Hall–Kier alpha value is -1.34. The van der Waals surface area contributed by atoms with Crippen LogP contribution in [0.25, 0.3) is 0 Å². The molecular formula is C19H24F2O4. The molecule has 2 saturated heterocycles. The summed E-state index contributed by atoms with van der Waals surface area (Å²) in [5.74, 6) is -1.41. The Morgan fingerprint density at radius 2 is 1.72 bits per heavy atom. The van der Waals surface area contributed by atoms with Gasteiger partial charge in [0.25, 0.3) is 0 Å². The Kier molecular flexibility index (Phi) is 6.53. The van der Waals surface area contributed by atoms with Gasteiger partial charge in [-0.2, -0.15) is 0 Å². The van der Waals surface area contributed by atoms with Gasteiger partial charge in [0.1, 0.15) is 0 Å². The van der Waals surface area contributed by atoms with E-state index in [-0.39, 0.29) is 12.2 Å². The molecule has 2 heterocycles. The summed E-state index contributed by atoms with van der Waals surface area (Å²) >= 11 is 0. The van der Waals surface area contributed by atoms with Crippen LogP contribution in [0.5, 0.6) is 0 Å². The summed E-state index contributed by atoms with van der Waals surface area (Å²) < 4.78 is 49.3. The SMILES string of the molecule is C=CCCCC1COC(C2COC(c3ccc(F)c(F)c3)OC2)OC1. The van der Waals surface area contributed by atoms with Gasteiger partial charge >= 0.3 is 0 Å². The van der Waals surface area contributed by atoms with Crippen LogP contribution in [0.2, 0.25) is 0 Å². The lowest BCUT2D eigenvalue weighted by Gasteiger charge is -2.37. The molecule has 6 heteroatoms. The highest BCUT2D eigenvalue weighted by Crippen LogP contribution is 2.30. The zero-order valence-electron chi connectivity index (χ0n) is 14.2. The van der Waals surface area contributed by atoms with Gasteiger partial charge in [-0.15, -0.1) is 6.58 Å². The van der Waals surface area contributed by atoms with Crippen LogP contribution < -0.4 is 0 Å². The summed E-state index contributed by atoms with van der Waals surface area (Å²) in [6.07, 6.45) is 4.05. The summed E-state index contributed by atoms with van der Waals surface area (Å²) in [7, 11) is 0. The van der Waals surface area contributed by atoms with Crippen molar-refractivity contribution in [2.45, 2.75) is 31.8 Å². The first-order valence-electron chi connectivity index (χ1n) is 8.69. The molecule has 0 atom stereocenters. The molecule has 0 spiro atoms. The summed E-state index contributed by atoms with van der Waals surface area (Å²) in [6, 6.07) is 3.63. The van der Waals surface area contributed by atoms with E-state index in [2.05, 4.69) is 6.58 Å². The molecule has 0 saturated carbocycles. The molecule has 0 unspecified atom stereocenters. The van der Waals surface area contributed by atoms with E-state index in [1.54, 1.807) is 0 Å². The molecule has 25 heavy (non-hydrogen) atoms. The third kappa shape index (κ3) is 4.85. The van der Waals surface area contributed by atoms with Crippen LogP contribution >= 0.6 is 0 Å². The smallest absolute Gasteiger partial charge is 0.183 e. The molecule has 1 aromatic rings. The van der Waals surface area contributed by atoms with E-state index in [1.165, 1.54) is 6.07 Å². The summed E-state index contributed by atoms with van der Waals surface area (Å²) in [6.45, 7) is 5.84. The zero-order chi connectivity index (χ0) is 17.6. The van der Waals surface area contributed by atoms with E-state index in [4.69, 9.17) is 18.9 Å². The minimum atomic E-state index is -0.909. The molecule has 0 aliphatic carbocycles. The van der Waals surface area contributed by atoms with Crippen molar-refractivity contribution in [3.63, 3.8) is 0 Å². The van der Waals surface area contributed by atoms with Crippen molar-refractivity contribution in [2.75, 3.05) is 26.4 Å². The minimum absolute atomic E-state index is 0.0318. The minimum Gasteiger partial charge on any atom is -0.352 e. The van der Waals surface area contributed by atoms with Gasteiger partial charge < -0.3 is 18.9 Å². The molecule has 0 radical (unpaired) electrons. The zero-order valence-corrected chi connectivity index (χ0v) is 14.2. The van der Waals surface area contributed by atoms with Gasteiger partial charge in [0.05, 0.1) is 32.3 Å². The van der Waals surface area contributed by atoms with Crippen LogP contribution in [-0.2, 0) is 18.9 Å². The predicted octanol–water partition coefficient (Wildman–Crippen LogP) is 3.97. The number of allylic oxidation sites excluding steroid dienone is 1. The van der Waals surface area contributed by atoms with E-state index in [0.717, 1.165) is 31.4 Å². The Labute approximate surface area is 146 Å². The quantitative estimate of drug-likeness (QED) is 0.572. The predicted molar refractivity (Wildman–Crippen MR) is 87.7 cm³/mol. The monoisotopic (exact) mass is 354 g/mol. The number of halogens is 2. The van der Waals surface area contributed by atoms with Gasteiger partial charge in [0, 0.05) is 11.5 Å². The van der Waals surface area contributed by atoms with Gasteiger partial charge in [0.15, 0.2) is 24.2 Å². The highest BCUT2D eigenvalue weighted by Gasteiger charge is 2.34. The summed E-state index contributed by atoms with van der Waals surface area (Å²) in [5, 5.41) is 0. The second-order valence-electron chi connectivity index (χ2n) is 6.55. The van der Waals surface area contributed by atoms with E-state index < -0.39 is 17.9 Å². The molecule has 2 aliphatic heterocycles. The number of rotatable bonds is 6. The van der Waals surface area contributed by atoms with E-state index >= 15 is 0 Å². The first-order valence-corrected chi connectivity index (χ1v) is 8.69. The van der Waals surface area contributed by atoms with Crippen LogP contribution in [0, 0.1) is 23.5 Å². The second kappa shape index (κ2) is 8.85.